The summed E-state index contributed by atoms with van der Waals surface area (Å²) in [7, 11) is -0.468. The smallest absolute Gasteiger partial charge is 0.242 e. The average Bonchev–Trinajstić information content (AvgIpc) is 2.67. The van der Waals surface area contributed by atoms with E-state index in [1.165, 1.54) is 37.4 Å². The lowest BCUT2D eigenvalue weighted by molar-refractivity contribution is -0.118. The van der Waals surface area contributed by atoms with Crippen LogP contribution in [0.4, 0.5) is 0 Å². The fourth-order valence-corrected chi connectivity index (χ4v) is 3.99. The number of aryl methyl sites for hydroxylation is 1. The zero-order valence-corrected chi connectivity index (χ0v) is 18.0. The number of sulfonamides is 1. The van der Waals surface area contributed by atoms with E-state index in [0.29, 0.717) is 24.7 Å². The summed E-state index contributed by atoms with van der Waals surface area (Å²) in [5, 5.41) is 2.81. The number of carbonyl (C=O) groups excluding carboxylic acids is 1. The van der Waals surface area contributed by atoms with Gasteiger partial charge in [-0.25, -0.2) is 12.7 Å². The molecule has 6 nitrogen and oxygen atoms in total. The summed E-state index contributed by atoms with van der Waals surface area (Å²) in [5.74, 6) is 1.71. The normalized spacial score (nSPS) is 11.4. The number of nitrogens with zero attached hydrogens (tertiary/aromatic N) is 1. The van der Waals surface area contributed by atoms with Gasteiger partial charge in [0.25, 0.3) is 0 Å². The zero-order chi connectivity index (χ0) is 20.6. The van der Waals surface area contributed by atoms with E-state index < -0.39 is 10.0 Å². The first-order chi connectivity index (χ1) is 13.3. The minimum atomic E-state index is -3.44. The van der Waals surface area contributed by atoms with Gasteiger partial charge in [0, 0.05) is 19.8 Å². The highest BCUT2D eigenvalue weighted by atomic mass is 32.2. The lowest BCUT2D eigenvalue weighted by atomic mass is 10.2. The molecule has 0 aliphatic carbocycles. The van der Waals surface area contributed by atoms with Crippen molar-refractivity contribution in [3.63, 3.8) is 0 Å². The number of nitrogens with one attached hydrogen (secondary N) is 1. The van der Waals surface area contributed by atoms with E-state index in [9.17, 15) is 13.2 Å². The number of amides is 1. The van der Waals surface area contributed by atoms with Gasteiger partial charge in [0.15, 0.2) is 0 Å². The molecule has 1 amide bonds. The SMILES string of the molecule is Cc1ccc(CSCC(=O)NCCOc2ccc(S(=O)(=O)N(C)C)cc2)cc1. The maximum Gasteiger partial charge on any atom is 0.242 e. The van der Waals surface area contributed by atoms with Crippen molar-refractivity contribution in [3.05, 3.63) is 59.7 Å². The fraction of sp³-hybridized carbons (Fsp3) is 0.350. The molecule has 0 fully saturated rings. The zero-order valence-electron chi connectivity index (χ0n) is 16.3. The highest BCUT2D eigenvalue weighted by Crippen LogP contribution is 2.18. The quantitative estimate of drug-likeness (QED) is 0.596. The highest BCUT2D eigenvalue weighted by Gasteiger charge is 2.16. The number of rotatable bonds is 10. The molecule has 0 spiro atoms. The molecule has 0 aliphatic heterocycles. The van der Waals surface area contributed by atoms with Gasteiger partial charge in [-0.15, -0.1) is 11.8 Å². The van der Waals surface area contributed by atoms with Crippen LogP contribution in [0.3, 0.4) is 0 Å². The van der Waals surface area contributed by atoms with Crippen molar-refractivity contribution in [2.45, 2.75) is 17.6 Å². The van der Waals surface area contributed by atoms with E-state index in [1.807, 2.05) is 6.92 Å². The Morgan fingerprint density at radius 2 is 1.71 bits per heavy atom. The third-order valence-corrected chi connectivity index (χ3v) is 6.75. The third-order valence-electron chi connectivity index (χ3n) is 3.92. The van der Waals surface area contributed by atoms with Crippen molar-refractivity contribution in [2.75, 3.05) is 33.0 Å². The maximum absolute atomic E-state index is 12.0. The maximum atomic E-state index is 12.0. The summed E-state index contributed by atoms with van der Waals surface area (Å²) < 4.78 is 30.7. The van der Waals surface area contributed by atoms with Crippen LogP contribution in [0, 0.1) is 6.92 Å². The summed E-state index contributed by atoms with van der Waals surface area (Å²) in [6.45, 7) is 2.75. The first kappa shape index (κ1) is 22.3. The van der Waals surface area contributed by atoms with Crippen LogP contribution in [0.25, 0.3) is 0 Å². The van der Waals surface area contributed by atoms with Gasteiger partial charge >= 0.3 is 0 Å². The molecule has 0 atom stereocenters. The second-order valence-corrected chi connectivity index (χ2v) is 9.57. The second-order valence-electron chi connectivity index (χ2n) is 6.44. The van der Waals surface area contributed by atoms with Crippen LogP contribution < -0.4 is 10.1 Å². The molecule has 0 unspecified atom stereocenters. The first-order valence-electron chi connectivity index (χ1n) is 8.84. The van der Waals surface area contributed by atoms with Gasteiger partial charge in [-0.1, -0.05) is 29.8 Å². The largest absolute Gasteiger partial charge is 0.492 e. The molecule has 2 rings (SSSR count). The van der Waals surface area contributed by atoms with Crippen molar-refractivity contribution in [2.24, 2.45) is 0 Å². The van der Waals surface area contributed by atoms with Crippen LogP contribution >= 0.6 is 11.8 Å². The predicted molar refractivity (Wildman–Crippen MR) is 113 cm³/mol. The molecule has 2 aromatic carbocycles. The molecule has 0 heterocycles. The minimum absolute atomic E-state index is 0.0341. The van der Waals surface area contributed by atoms with Gasteiger partial charge in [0.1, 0.15) is 12.4 Å². The Morgan fingerprint density at radius 3 is 2.32 bits per heavy atom. The Morgan fingerprint density at radius 1 is 1.07 bits per heavy atom. The van der Waals surface area contributed by atoms with Gasteiger partial charge in [-0.2, -0.15) is 0 Å². The summed E-state index contributed by atoms with van der Waals surface area (Å²) in [5.41, 5.74) is 2.42. The molecule has 0 radical (unpaired) electrons. The predicted octanol–water partition coefficient (Wildman–Crippen LogP) is 2.67. The second kappa shape index (κ2) is 10.5. The molecule has 0 bridgehead atoms. The van der Waals surface area contributed by atoms with Gasteiger partial charge < -0.3 is 10.1 Å². The van der Waals surface area contributed by atoms with E-state index in [4.69, 9.17) is 4.74 Å². The van der Waals surface area contributed by atoms with Crippen molar-refractivity contribution < 1.29 is 17.9 Å². The van der Waals surface area contributed by atoms with Gasteiger partial charge in [-0.05, 0) is 36.8 Å². The number of thioether (sulfide) groups is 1. The number of hydrogen-bond donors (Lipinski definition) is 1. The third kappa shape index (κ3) is 6.85. The standard InChI is InChI=1S/C20H26N2O4S2/c1-16-4-6-17(7-5-16)14-27-15-20(23)21-12-13-26-18-8-10-19(11-9-18)28(24,25)22(2)3/h4-11H,12-15H2,1-3H3,(H,21,23). The molecule has 28 heavy (non-hydrogen) atoms. The van der Waals surface area contributed by atoms with Crippen LogP contribution in [-0.4, -0.2) is 51.6 Å². The summed E-state index contributed by atoms with van der Waals surface area (Å²) in [6.07, 6.45) is 0. The molecular weight excluding hydrogens is 396 g/mol. The van der Waals surface area contributed by atoms with Crippen molar-refractivity contribution in [1.29, 1.82) is 0 Å². The van der Waals surface area contributed by atoms with Gasteiger partial charge in [0.05, 0.1) is 17.2 Å². The summed E-state index contributed by atoms with van der Waals surface area (Å²) in [4.78, 5) is 12.1. The lowest BCUT2D eigenvalue weighted by Crippen LogP contribution is -2.29. The number of ether oxygens (including phenoxy) is 1. The van der Waals surface area contributed by atoms with E-state index in [1.54, 1.807) is 23.9 Å². The Bertz CT molecular complexity index is 864. The molecule has 152 valence electrons. The Labute approximate surface area is 171 Å². The topological polar surface area (TPSA) is 75.7 Å². The van der Waals surface area contributed by atoms with Gasteiger partial charge in [-0.3, -0.25) is 4.79 Å². The Hall–Kier alpha value is -2.03. The Kier molecular flexibility index (Phi) is 8.35. The number of carbonyl (C=O) groups is 1. The molecule has 0 aliphatic rings. The summed E-state index contributed by atoms with van der Waals surface area (Å²) >= 11 is 1.57. The molecule has 1 N–H and O–H groups in total. The molecule has 2 aromatic rings. The average molecular weight is 423 g/mol. The molecule has 8 heteroatoms. The molecular formula is C20H26N2O4S2. The minimum Gasteiger partial charge on any atom is -0.492 e. The molecule has 0 saturated heterocycles. The number of hydrogen-bond acceptors (Lipinski definition) is 5. The number of benzene rings is 2. The van der Waals surface area contributed by atoms with E-state index >= 15 is 0 Å². The van der Waals surface area contributed by atoms with Crippen molar-refractivity contribution >= 4 is 27.7 Å². The van der Waals surface area contributed by atoms with E-state index in [0.717, 1.165) is 10.1 Å². The monoisotopic (exact) mass is 422 g/mol. The summed E-state index contributed by atoms with van der Waals surface area (Å²) in [6, 6.07) is 14.5. The van der Waals surface area contributed by atoms with Crippen LogP contribution in [0.5, 0.6) is 5.75 Å². The fourth-order valence-electron chi connectivity index (χ4n) is 2.27. The van der Waals surface area contributed by atoms with E-state index in [-0.39, 0.29) is 10.8 Å². The van der Waals surface area contributed by atoms with Gasteiger partial charge in [0.2, 0.25) is 15.9 Å². The molecule has 0 saturated carbocycles. The lowest BCUT2D eigenvalue weighted by Gasteiger charge is -2.12. The molecule has 0 aromatic heterocycles. The van der Waals surface area contributed by atoms with Crippen LogP contribution in [0.1, 0.15) is 11.1 Å². The first-order valence-corrected chi connectivity index (χ1v) is 11.4. The van der Waals surface area contributed by atoms with Crippen molar-refractivity contribution in [3.8, 4) is 5.75 Å². The van der Waals surface area contributed by atoms with Crippen LogP contribution in [0.15, 0.2) is 53.4 Å². The van der Waals surface area contributed by atoms with E-state index in [2.05, 4.69) is 29.6 Å². The van der Waals surface area contributed by atoms with Crippen LogP contribution in [0.2, 0.25) is 0 Å². The highest BCUT2D eigenvalue weighted by molar-refractivity contribution is 7.99. The van der Waals surface area contributed by atoms with Crippen LogP contribution in [-0.2, 0) is 20.6 Å². The Balaban J connectivity index is 1.65. The van der Waals surface area contributed by atoms with Crippen molar-refractivity contribution in [1.82, 2.24) is 9.62 Å².